The third-order valence-corrected chi connectivity index (χ3v) is 4.45. The van der Waals surface area contributed by atoms with Gasteiger partial charge in [-0.25, -0.2) is 0 Å². The van der Waals surface area contributed by atoms with Gasteiger partial charge in [-0.2, -0.15) is 0 Å². The van der Waals surface area contributed by atoms with Crippen LogP contribution in [0.4, 0.5) is 0 Å². The Morgan fingerprint density at radius 3 is 2.67 bits per heavy atom. The molecule has 0 spiro atoms. The minimum Gasteiger partial charge on any atom is -0.347 e. The summed E-state index contributed by atoms with van der Waals surface area (Å²) in [7, 11) is 0. The molecule has 1 amide bonds. The Labute approximate surface area is 134 Å². The highest BCUT2D eigenvalue weighted by atomic mass is 35.5. The van der Waals surface area contributed by atoms with Crippen molar-refractivity contribution in [2.45, 2.75) is 20.0 Å². The van der Waals surface area contributed by atoms with E-state index in [4.69, 9.17) is 11.6 Å². The van der Waals surface area contributed by atoms with E-state index < -0.39 is 0 Å². The summed E-state index contributed by atoms with van der Waals surface area (Å²) in [6.07, 6.45) is 0. The van der Waals surface area contributed by atoms with Crippen molar-refractivity contribution in [2.75, 3.05) is 13.1 Å². The van der Waals surface area contributed by atoms with Crippen molar-refractivity contribution in [3.63, 3.8) is 0 Å². The Kier molecular flexibility index (Phi) is 6.23. The maximum Gasteiger partial charge on any atom is 0.275 e. The number of likely N-dealkylation sites (N-methyl/N-ethyl adjacent to an activating group) is 1. The number of rotatable bonds is 7. The first-order valence-electron chi connectivity index (χ1n) is 7.04. The van der Waals surface area contributed by atoms with E-state index in [0.29, 0.717) is 18.1 Å². The monoisotopic (exact) mass is 323 g/mol. The third kappa shape index (κ3) is 5.50. The molecule has 0 radical (unpaired) electrons. The van der Waals surface area contributed by atoms with Crippen molar-refractivity contribution in [3.05, 3.63) is 57.2 Å². The zero-order valence-corrected chi connectivity index (χ0v) is 13.6. The molecule has 1 aromatic heterocycles. The number of carbonyl (C=O) groups is 1. The molecule has 5 heteroatoms. The van der Waals surface area contributed by atoms with Gasteiger partial charge >= 0.3 is 0 Å². The lowest BCUT2D eigenvalue weighted by molar-refractivity contribution is -0.903. The van der Waals surface area contributed by atoms with Gasteiger partial charge in [0.05, 0.1) is 11.4 Å². The van der Waals surface area contributed by atoms with E-state index in [0.717, 1.165) is 18.7 Å². The van der Waals surface area contributed by atoms with Gasteiger partial charge in [-0.15, -0.1) is 11.3 Å². The van der Waals surface area contributed by atoms with Crippen LogP contribution in [0.2, 0.25) is 5.02 Å². The Hall–Kier alpha value is -1.36. The summed E-state index contributed by atoms with van der Waals surface area (Å²) in [6.45, 7) is 5.00. The van der Waals surface area contributed by atoms with Crippen molar-refractivity contribution >= 4 is 28.8 Å². The standard InChI is InChI=1S/C16H19ClN2OS/c1-2-19(11-15-4-3-9-21-15)12-16(20)18-10-13-5-7-14(17)8-6-13/h3-9H,2,10-12H2,1H3,(H,18,20)/p+1. The average molecular weight is 324 g/mol. The summed E-state index contributed by atoms with van der Waals surface area (Å²) < 4.78 is 0. The Balaban J connectivity index is 1.78. The zero-order chi connectivity index (χ0) is 15.1. The molecule has 0 fully saturated rings. The number of benzene rings is 1. The third-order valence-electron chi connectivity index (χ3n) is 3.32. The normalized spacial score (nSPS) is 12.1. The van der Waals surface area contributed by atoms with Crippen molar-refractivity contribution in [3.8, 4) is 0 Å². The fourth-order valence-electron chi connectivity index (χ4n) is 2.06. The van der Waals surface area contributed by atoms with Gasteiger partial charge in [0.25, 0.3) is 5.91 Å². The molecule has 112 valence electrons. The molecular weight excluding hydrogens is 304 g/mol. The van der Waals surface area contributed by atoms with E-state index in [1.54, 1.807) is 11.3 Å². The smallest absolute Gasteiger partial charge is 0.275 e. The molecule has 0 aliphatic rings. The van der Waals surface area contributed by atoms with Gasteiger partial charge in [0.1, 0.15) is 6.54 Å². The van der Waals surface area contributed by atoms with E-state index in [1.807, 2.05) is 30.3 Å². The lowest BCUT2D eigenvalue weighted by Gasteiger charge is -2.16. The molecule has 0 aliphatic carbocycles. The Morgan fingerprint density at radius 1 is 1.29 bits per heavy atom. The molecule has 1 aromatic carbocycles. The molecule has 0 aliphatic heterocycles. The molecule has 0 saturated carbocycles. The number of nitrogens with one attached hydrogen (secondary N) is 2. The molecule has 1 atom stereocenters. The van der Waals surface area contributed by atoms with E-state index in [9.17, 15) is 4.79 Å². The molecule has 21 heavy (non-hydrogen) atoms. The summed E-state index contributed by atoms with van der Waals surface area (Å²) in [4.78, 5) is 14.6. The minimum absolute atomic E-state index is 0.0818. The first-order valence-corrected chi connectivity index (χ1v) is 8.30. The topological polar surface area (TPSA) is 33.5 Å². The second kappa shape index (κ2) is 8.17. The highest BCUT2D eigenvalue weighted by Crippen LogP contribution is 2.09. The first kappa shape index (κ1) is 16.0. The average Bonchev–Trinajstić information content (AvgIpc) is 2.99. The highest BCUT2D eigenvalue weighted by molar-refractivity contribution is 7.09. The van der Waals surface area contributed by atoms with Gasteiger partial charge in [-0.3, -0.25) is 4.79 Å². The van der Waals surface area contributed by atoms with E-state index >= 15 is 0 Å². The Morgan fingerprint density at radius 2 is 2.05 bits per heavy atom. The van der Waals surface area contributed by atoms with Crippen molar-refractivity contribution in [2.24, 2.45) is 0 Å². The number of hydrogen-bond donors (Lipinski definition) is 2. The van der Waals surface area contributed by atoms with Crippen LogP contribution >= 0.6 is 22.9 Å². The van der Waals surface area contributed by atoms with E-state index in [1.165, 1.54) is 9.78 Å². The fraction of sp³-hybridized carbons (Fsp3) is 0.312. The summed E-state index contributed by atoms with van der Waals surface area (Å²) in [5.74, 6) is 0.0818. The number of thiophene rings is 1. The summed E-state index contributed by atoms with van der Waals surface area (Å²) in [5.41, 5.74) is 1.06. The molecule has 1 unspecified atom stereocenters. The van der Waals surface area contributed by atoms with Crippen molar-refractivity contribution in [1.82, 2.24) is 5.32 Å². The van der Waals surface area contributed by atoms with Crippen LogP contribution in [0.5, 0.6) is 0 Å². The maximum atomic E-state index is 12.0. The largest absolute Gasteiger partial charge is 0.347 e. The van der Waals surface area contributed by atoms with Crippen LogP contribution in [-0.4, -0.2) is 19.0 Å². The molecule has 1 heterocycles. The van der Waals surface area contributed by atoms with Crippen LogP contribution < -0.4 is 10.2 Å². The maximum absolute atomic E-state index is 12.0. The molecule has 2 N–H and O–H groups in total. The van der Waals surface area contributed by atoms with Crippen LogP contribution in [0, 0.1) is 0 Å². The van der Waals surface area contributed by atoms with E-state index in [2.05, 4.69) is 23.7 Å². The number of halogens is 1. The number of quaternary nitrogens is 1. The Bertz CT molecular complexity index is 554. The lowest BCUT2D eigenvalue weighted by atomic mass is 10.2. The highest BCUT2D eigenvalue weighted by Gasteiger charge is 2.13. The van der Waals surface area contributed by atoms with Crippen LogP contribution in [-0.2, 0) is 17.9 Å². The summed E-state index contributed by atoms with van der Waals surface area (Å²) >= 11 is 7.58. The quantitative estimate of drug-likeness (QED) is 0.804. The minimum atomic E-state index is 0.0818. The van der Waals surface area contributed by atoms with Crippen molar-refractivity contribution in [1.29, 1.82) is 0 Å². The van der Waals surface area contributed by atoms with Crippen molar-refractivity contribution < 1.29 is 9.69 Å². The van der Waals surface area contributed by atoms with Crippen LogP contribution in [0.15, 0.2) is 41.8 Å². The second-order valence-corrected chi connectivity index (χ2v) is 6.41. The van der Waals surface area contributed by atoms with Gasteiger partial charge < -0.3 is 10.2 Å². The predicted octanol–water partition coefficient (Wildman–Crippen LogP) is 2.12. The number of carbonyl (C=O) groups excluding carboxylic acids is 1. The predicted molar refractivity (Wildman–Crippen MR) is 87.7 cm³/mol. The lowest BCUT2D eigenvalue weighted by Crippen LogP contribution is -3.11. The second-order valence-electron chi connectivity index (χ2n) is 4.94. The summed E-state index contributed by atoms with van der Waals surface area (Å²) in [5, 5.41) is 5.75. The molecule has 0 bridgehead atoms. The van der Waals surface area contributed by atoms with Crippen LogP contribution in [0.25, 0.3) is 0 Å². The van der Waals surface area contributed by atoms with Crippen LogP contribution in [0.1, 0.15) is 17.4 Å². The van der Waals surface area contributed by atoms with Gasteiger partial charge in [0, 0.05) is 11.6 Å². The zero-order valence-electron chi connectivity index (χ0n) is 12.1. The number of amides is 1. The van der Waals surface area contributed by atoms with E-state index in [-0.39, 0.29) is 5.91 Å². The number of hydrogen-bond acceptors (Lipinski definition) is 2. The van der Waals surface area contributed by atoms with Gasteiger partial charge in [0.2, 0.25) is 0 Å². The molecule has 2 aromatic rings. The molecule has 3 nitrogen and oxygen atoms in total. The van der Waals surface area contributed by atoms with Gasteiger partial charge in [0.15, 0.2) is 6.54 Å². The van der Waals surface area contributed by atoms with Gasteiger partial charge in [-0.05, 0) is 36.1 Å². The first-order chi connectivity index (χ1) is 10.2. The van der Waals surface area contributed by atoms with Crippen LogP contribution in [0.3, 0.4) is 0 Å². The van der Waals surface area contributed by atoms with Gasteiger partial charge in [-0.1, -0.05) is 29.8 Å². The summed E-state index contributed by atoms with van der Waals surface area (Å²) in [6, 6.07) is 11.7. The molecule has 2 rings (SSSR count). The SMILES string of the molecule is CC[NH+](CC(=O)NCc1ccc(Cl)cc1)Cc1cccs1. The molecular formula is C16H20ClN2OS+. The molecule has 0 saturated heterocycles. The fourth-order valence-corrected chi connectivity index (χ4v) is 2.97.